The summed E-state index contributed by atoms with van der Waals surface area (Å²) in [4.78, 5) is 34.8. The molecule has 0 saturated heterocycles. The molecule has 3 aromatic heterocycles. The Balaban J connectivity index is 1.93. The van der Waals surface area contributed by atoms with Crippen molar-refractivity contribution in [1.29, 1.82) is 0 Å². The molecule has 0 aliphatic heterocycles. The summed E-state index contributed by atoms with van der Waals surface area (Å²) in [6.07, 6.45) is 2.65. The van der Waals surface area contributed by atoms with Crippen LogP contribution >= 0.6 is 0 Å². The number of pyridine rings is 2. The molecular formula is C33H38N4O5Si. The molecule has 3 heterocycles. The van der Waals surface area contributed by atoms with E-state index in [1.807, 2.05) is 41.0 Å². The minimum atomic E-state index is -1.63. The number of carbonyl (C=O) groups excluding carboxylic acids is 2. The first kappa shape index (κ1) is 31.3. The molecule has 0 fully saturated rings. The van der Waals surface area contributed by atoms with Gasteiger partial charge in [-0.25, -0.2) is 19.6 Å². The maximum atomic E-state index is 13.7. The summed E-state index contributed by atoms with van der Waals surface area (Å²) in [5.74, 6) is 3.58. The third kappa shape index (κ3) is 7.81. The highest BCUT2D eigenvalue weighted by Gasteiger charge is 2.28. The Bertz CT molecular complexity index is 1720. The highest BCUT2D eigenvalue weighted by Crippen LogP contribution is 2.40. The second kappa shape index (κ2) is 12.7. The number of amides is 1. The Hall–Kier alpha value is -4.62. The predicted molar refractivity (Wildman–Crippen MR) is 171 cm³/mol. The summed E-state index contributed by atoms with van der Waals surface area (Å²) in [5.41, 5.74) is 6.90. The number of ether oxygens (including phenoxy) is 3. The van der Waals surface area contributed by atoms with Gasteiger partial charge in [0.05, 0.1) is 13.7 Å². The molecule has 4 rings (SSSR count). The Kier molecular flexibility index (Phi) is 9.26. The molecule has 10 heteroatoms. The van der Waals surface area contributed by atoms with Gasteiger partial charge in [-0.05, 0) is 75.7 Å². The van der Waals surface area contributed by atoms with Gasteiger partial charge < -0.3 is 18.8 Å². The van der Waals surface area contributed by atoms with E-state index in [9.17, 15) is 9.59 Å². The summed E-state index contributed by atoms with van der Waals surface area (Å²) in [6.45, 7) is 14.2. The van der Waals surface area contributed by atoms with Crippen LogP contribution in [0.5, 0.6) is 5.88 Å². The van der Waals surface area contributed by atoms with E-state index in [2.05, 4.69) is 46.4 Å². The number of hydrogen-bond acceptors (Lipinski definition) is 7. The first-order chi connectivity index (χ1) is 20.3. The van der Waals surface area contributed by atoms with Crippen molar-refractivity contribution < 1.29 is 23.8 Å². The molecule has 43 heavy (non-hydrogen) atoms. The molecule has 0 unspecified atom stereocenters. The van der Waals surface area contributed by atoms with Crippen LogP contribution in [-0.2, 0) is 16.0 Å². The fourth-order valence-electron chi connectivity index (χ4n) is 4.52. The maximum Gasteiger partial charge on any atom is 0.413 e. The van der Waals surface area contributed by atoms with Gasteiger partial charge >= 0.3 is 12.1 Å². The predicted octanol–water partition coefficient (Wildman–Crippen LogP) is 6.91. The molecule has 1 aromatic carbocycles. The van der Waals surface area contributed by atoms with Crippen molar-refractivity contribution in [2.75, 3.05) is 19.0 Å². The average molecular weight is 599 g/mol. The Morgan fingerprint density at radius 3 is 2.49 bits per heavy atom. The monoisotopic (exact) mass is 598 g/mol. The quantitative estimate of drug-likeness (QED) is 0.140. The van der Waals surface area contributed by atoms with Crippen molar-refractivity contribution in [2.24, 2.45) is 0 Å². The van der Waals surface area contributed by atoms with E-state index in [0.29, 0.717) is 35.1 Å². The molecule has 0 spiro atoms. The second-order valence-electron chi connectivity index (χ2n) is 12.0. The van der Waals surface area contributed by atoms with Crippen molar-refractivity contribution in [3.63, 3.8) is 0 Å². The van der Waals surface area contributed by atoms with Gasteiger partial charge in [0.15, 0.2) is 0 Å². The summed E-state index contributed by atoms with van der Waals surface area (Å²) in [5, 5.41) is 3.51. The Labute approximate surface area is 253 Å². The number of benzene rings is 1. The van der Waals surface area contributed by atoms with Crippen LogP contribution in [0.15, 0.2) is 54.9 Å². The van der Waals surface area contributed by atoms with Crippen LogP contribution in [0, 0.1) is 11.5 Å². The lowest BCUT2D eigenvalue weighted by atomic mass is 10.0. The number of methoxy groups -OCH3 is 1. The normalized spacial score (nSPS) is 11.4. The van der Waals surface area contributed by atoms with E-state index < -0.39 is 25.7 Å². The molecule has 9 nitrogen and oxygen atoms in total. The average Bonchev–Trinajstić information content (AvgIpc) is 3.23. The number of fused-ring (bicyclic) bond motifs is 1. The molecule has 0 bridgehead atoms. The number of rotatable bonds is 7. The SMILES string of the molecule is CCOC(=O)c1c(-c2cccnc2OC)c2cc(C#C[Si](C)(C)C)ccc2n1Cc1ccnc(NC(=O)OC(C)(C)C)c1. The van der Waals surface area contributed by atoms with Gasteiger partial charge in [0.2, 0.25) is 5.88 Å². The number of nitrogens with one attached hydrogen (secondary N) is 1. The van der Waals surface area contributed by atoms with Gasteiger partial charge in [-0.1, -0.05) is 25.6 Å². The molecule has 224 valence electrons. The number of aromatic nitrogens is 3. The largest absolute Gasteiger partial charge is 0.481 e. The minimum Gasteiger partial charge on any atom is -0.481 e. The fourth-order valence-corrected chi connectivity index (χ4v) is 5.04. The highest BCUT2D eigenvalue weighted by molar-refractivity contribution is 6.83. The van der Waals surface area contributed by atoms with Crippen molar-refractivity contribution in [2.45, 2.75) is 59.5 Å². The lowest BCUT2D eigenvalue weighted by Crippen LogP contribution is -2.27. The molecule has 0 saturated carbocycles. The molecule has 4 aromatic rings. The zero-order valence-corrected chi connectivity index (χ0v) is 27.0. The standard InChI is InChI=1S/C33H38N4O5Si/c1-9-41-31(38)29-28(24-11-10-16-35-30(24)40-5)25-19-22(15-18-43(6,7)8)12-13-26(25)37(29)21-23-14-17-34-27(20-23)36-32(39)42-33(2,3)4/h10-14,16-17,19-20H,9,21H2,1-8H3,(H,34,36,39). The molecular weight excluding hydrogens is 560 g/mol. The first-order valence-corrected chi connectivity index (χ1v) is 17.6. The van der Waals surface area contributed by atoms with Crippen LogP contribution in [0.25, 0.3) is 22.0 Å². The first-order valence-electron chi connectivity index (χ1n) is 14.1. The molecule has 0 radical (unpaired) electrons. The third-order valence-electron chi connectivity index (χ3n) is 6.14. The van der Waals surface area contributed by atoms with Crippen LogP contribution in [-0.4, -0.2) is 54.0 Å². The number of carbonyl (C=O) groups is 2. The maximum absolute atomic E-state index is 13.7. The minimum absolute atomic E-state index is 0.204. The van der Waals surface area contributed by atoms with Gasteiger partial charge in [-0.15, -0.1) is 5.54 Å². The van der Waals surface area contributed by atoms with Gasteiger partial charge in [-0.3, -0.25) is 5.32 Å². The second-order valence-corrected chi connectivity index (χ2v) is 16.7. The van der Waals surface area contributed by atoms with E-state index in [-0.39, 0.29) is 6.61 Å². The van der Waals surface area contributed by atoms with Gasteiger partial charge in [0, 0.05) is 46.5 Å². The molecule has 0 aliphatic carbocycles. The smallest absolute Gasteiger partial charge is 0.413 e. The molecule has 0 aliphatic rings. The van der Waals surface area contributed by atoms with Crippen molar-refractivity contribution in [3.8, 4) is 28.5 Å². The van der Waals surface area contributed by atoms with E-state index in [1.165, 1.54) is 0 Å². The summed E-state index contributed by atoms with van der Waals surface area (Å²) in [6, 6.07) is 13.2. The fraction of sp³-hybridized carbons (Fsp3) is 0.333. The molecule has 1 N–H and O–H groups in total. The number of esters is 1. The molecule has 1 amide bonds. The summed E-state index contributed by atoms with van der Waals surface area (Å²) in [7, 11) is -0.0793. The third-order valence-corrected chi connectivity index (χ3v) is 7.02. The number of nitrogens with zero attached hydrogens (tertiary/aromatic N) is 3. The zero-order chi connectivity index (χ0) is 31.4. The van der Waals surface area contributed by atoms with Gasteiger partial charge in [0.1, 0.15) is 25.2 Å². The zero-order valence-electron chi connectivity index (χ0n) is 26.0. The lowest BCUT2D eigenvalue weighted by molar-refractivity contribution is 0.0515. The van der Waals surface area contributed by atoms with E-state index in [4.69, 9.17) is 14.2 Å². The number of anilines is 1. The van der Waals surface area contributed by atoms with Crippen LogP contribution in [0.1, 0.15) is 49.3 Å². The topological polar surface area (TPSA) is 105 Å². The van der Waals surface area contributed by atoms with E-state index >= 15 is 0 Å². The van der Waals surface area contributed by atoms with Crippen LogP contribution in [0.2, 0.25) is 19.6 Å². The van der Waals surface area contributed by atoms with Crippen molar-refractivity contribution in [3.05, 3.63) is 71.7 Å². The number of hydrogen-bond donors (Lipinski definition) is 1. The van der Waals surface area contributed by atoms with Crippen LogP contribution < -0.4 is 10.1 Å². The van der Waals surface area contributed by atoms with Crippen LogP contribution in [0.3, 0.4) is 0 Å². The van der Waals surface area contributed by atoms with E-state index in [0.717, 1.165) is 22.0 Å². The lowest BCUT2D eigenvalue weighted by Gasteiger charge is -2.19. The van der Waals surface area contributed by atoms with Gasteiger partial charge in [0.25, 0.3) is 0 Å². The Morgan fingerprint density at radius 2 is 1.81 bits per heavy atom. The summed E-state index contributed by atoms with van der Waals surface area (Å²) < 4.78 is 18.5. The molecule has 0 atom stereocenters. The van der Waals surface area contributed by atoms with Crippen LogP contribution in [0.4, 0.5) is 10.6 Å². The summed E-state index contributed by atoms with van der Waals surface area (Å²) >= 11 is 0. The Morgan fingerprint density at radius 1 is 1.05 bits per heavy atom. The van der Waals surface area contributed by atoms with E-state index in [1.54, 1.807) is 53.3 Å². The van der Waals surface area contributed by atoms with Crippen molar-refractivity contribution in [1.82, 2.24) is 14.5 Å². The van der Waals surface area contributed by atoms with Crippen molar-refractivity contribution >= 4 is 36.9 Å². The van der Waals surface area contributed by atoms with Gasteiger partial charge in [-0.2, -0.15) is 0 Å². The highest BCUT2D eigenvalue weighted by atomic mass is 28.3.